The van der Waals surface area contributed by atoms with Crippen LogP contribution in [0, 0.1) is 0 Å². The van der Waals surface area contributed by atoms with Crippen LogP contribution in [0.2, 0.25) is 0 Å². The molecule has 0 saturated carbocycles. The van der Waals surface area contributed by atoms with Gasteiger partial charge in [-0.15, -0.1) is 0 Å². The molecule has 7 heteroatoms. The minimum Gasteiger partial charge on any atom is -0.460 e. The van der Waals surface area contributed by atoms with Gasteiger partial charge in [-0.3, -0.25) is 0 Å². The molecule has 0 fully saturated rings. The smallest absolute Gasteiger partial charge is 0.338 e. The van der Waals surface area contributed by atoms with Gasteiger partial charge in [0.2, 0.25) is 0 Å². The number of urea groups is 1. The molecule has 24 heavy (non-hydrogen) atoms. The third kappa shape index (κ3) is 4.82. The van der Waals surface area contributed by atoms with E-state index in [2.05, 4.69) is 26.6 Å². The lowest BCUT2D eigenvalue weighted by atomic mass is 9.96. The maximum absolute atomic E-state index is 12.5. The Morgan fingerprint density at radius 1 is 1.33 bits per heavy atom. The molecule has 1 aromatic carbocycles. The Kier molecular flexibility index (Phi) is 6.39. The molecule has 0 radical (unpaired) electrons. The predicted molar refractivity (Wildman–Crippen MR) is 93.3 cm³/mol. The number of ether oxygens (including phenoxy) is 2. The van der Waals surface area contributed by atoms with Crippen molar-refractivity contribution in [2.24, 2.45) is 0 Å². The van der Waals surface area contributed by atoms with Crippen molar-refractivity contribution in [3.63, 3.8) is 0 Å². The highest BCUT2D eigenvalue weighted by Crippen LogP contribution is 2.29. The number of amides is 2. The highest BCUT2D eigenvalue weighted by atomic mass is 79.9. The van der Waals surface area contributed by atoms with Crippen LogP contribution in [0.25, 0.3) is 0 Å². The van der Waals surface area contributed by atoms with E-state index in [0.29, 0.717) is 17.9 Å². The van der Waals surface area contributed by atoms with Crippen LogP contribution in [0.15, 0.2) is 40.0 Å². The maximum atomic E-state index is 12.5. The van der Waals surface area contributed by atoms with Crippen molar-refractivity contribution >= 4 is 27.9 Å². The van der Waals surface area contributed by atoms with Crippen LogP contribution in [0.1, 0.15) is 32.4 Å². The van der Waals surface area contributed by atoms with Crippen molar-refractivity contribution in [3.8, 4) is 0 Å². The van der Waals surface area contributed by atoms with E-state index in [-0.39, 0.29) is 18.7 Å². The zero-order valence-corrected chi connectivity index (χ0v) is 15.5. The minimum absolute atomic E-state index is 0.0784. The van der Waals surface area contributed by atoms with Gasteiger partial charge in [0.15, 0.2) is 0 Å². The molecule has 0 bridgehead atoms. The van der Waals surface area contributed by atoms with Crippen molar-refractivity contribution in [1.82, 2.24) is 10.6 Å². The fourth-order valence-electron chi connectivity index (χ4n) is 2.40. The number of benzene rings is 1. The monoisotopic (exact) mass is 396 g/mol. The molecule has 0 aliphatic carbocycles. The van der Waals surface area contributed by atoms with Gasteiger partial charge in [-0.1, -0.05) is 28.1 Å². The summed E-state index contributed by atoms with van der Waals surface area (Å²) in [6.07, 6.45) is 0.0784. The number of carbonyl (C=O) groups is 2. The van der Waals surface area contributed by atoms with Crippen molar-refractivity contribution in [2.45, 2.75) is 32.9 Å². The van der Waals surface area contributed by atoms with Crippen LogP contribution in [0.3, 0.4) is 0 Å². The Morgan fingerprint density at radius 3 is 2.75 bits per heavy atom. The van der Waals surface area contributed by atoms with Gasteiger partial charge in [0.25, 0.3) is 0 Å². The highest BCUT2D eigenvalue weighted by Gasteiger charge is 2.32. The van der Waals surface area contributed by atoms with Crippen LogP contribution in [0.5, 0.6) is 0 Å². The number of allylic oxidation sites excluding steroid dienone is 1. The topological polar surface area (TPSA) is 76.7 Å². The van der Waals surface area contributed by atoms with Gasteiger partial charge in [0, 0.05) is 10.2 Å². The number of hydrogen-bond donors (Lipinski definition) is 2. The third-order valence-corrected chi connectivity index (χ3v) is 3.93. The van der Waals surface area contributed by atoms with Gasteiger partial charge >= 0.3 is 12.0 Å². The quantitative estimate of drug-likeness (QED) is 0.572. The summed E-state index contributed by atoms with van der Waals surface area (Å²) < 4.78 is 11.5. The molecule has 1 atom stereocenters. The molecule has 2 N–H and O–H groups in total. The summed E-state index contributed by atoms with van der Waals surface area (Å²) in [6.45, 7) is 6.01. The first-order valence-electron chi connectivity index (χ1n) is 7.71. The Hall–Kier alpha value is -1.86. The second kappa shape index (κ2) is 8.30. The molecule has 130 valence electrons. The summed E-state index contributed by atoms with van der Waals surface area (Å²) in [4.78, 5) is 24.3. The summed E-state index contributed by atoms with van der Waals surface area (Å²) in [5.74, 6) is -0.475. The van der Waals surface area contributed by atoms with Gasteiger partial charge in [-0.25, -0.2) is 9.59 Å². The minimum atomic E-state index is -0.560. The number of nitrogens with one attached hydrogen (secondary N) is 2. The van der Waals surface area contributed by atoms with Crippen molar-refractivity contribution < 1.29 is 19.1 Å². The van der Waals surface area contributed by atoms with Gasteiger partial charge in [0.05, 0.1) is 24.3 Å². The van der Waals surface area contributed by atoms with Gasteiger partial charge in [-0.05, 0) is 38.5 Å². The number of hydrogen-bond acceptors (Lipinski definition) is 4. The lowest BCUT2D eigenvalue weighted by Crippen LogP contribution is -2.45. The van der Waals surface area contributed by atoms with Crippen LogP contribution in [0.4, 0.5) is 4.79 Å². The van der Waals surface area contributed by atoms with Crippen LogP contribution < -0.4 is 10.6 Å². The lowest BCUT2D eigenvalue weighted by molar-refractivity contribution is -0.141. The summed E-state index contributed by atoms with van der Waals surface area (Å²) in [6, 6.07) is 6.53. The SMILES string of the molecule is CC1=C(C(=O)OCCOC(C)C)[C@H](c2cccc(Br)c2)NC(=O)N1. The van der Waals surface area contributed by atoms with E-state index < -0.39 is 12.0 Å². The molecule has 0 spiro atoms. The van der Waals surface area contributed by atoms with E-state index in [1.165, 1.54) is 0 Å². The first kappa shape index (κ1) is 18.5. The van der Waals surface area contributed by atoms with Crippen LogP contribution in [-0.4, -0.2) is 31.3 Å². The van der Waals surface area contributed by atoms with E-state index in [4.69, 9.17) is 9.47 Å². The molecule has 1 heterocycles. The predicted octanol–water partition coefficient (Wildman–Crippen LogP) is 3.05. The Bertz CT molecular complexity index is 658. The molecule has 1 aliphatic rings. The second-order valence-corrected chi connectivity index (χ2v) is 6.60. The first-order valence-corrected chi connectivity index (χ1v) is 8.50. The molecule has 2 amide bonds. The largest absolute Gasteiger partial charge is 0.460 e. The van der Waals surface area contributed by atoms with E-state index >= 15 is 0 Å². The van der Waals surface area contributed by atoms with Crippen molar-refractivity contribution in [1.29, 1.82) is 0 Å². The number of halogens is 1. The van der Waals surface area contributed by atoms with E-state index in [1.807, 2.05) is 38.1 Å². The summed E-state index contributed by atoms with van der Waals surface area (Å²) >= 11 is 3.40. The molecule has 0 saturated heterocycles. The number of carbonyl (C=O) groups excluding carboxylic acids is 2. The molecule has 1 aliphatic heterocycles. The molecular formula is C17H21BrN2O4. The molecular weight excluding hydrogens is 376 g/mol. The Balaban J connectivity index is 2.17. The van der Waals surface area contributed by atoms with Gasteiger partial charge < -0.3 is 20.1 Å². The van der Waals surface area contributed by atoms with E-state index in [1.54, 1.807) is 6.92 Å². The standard InChI is InChI=1S/C17H21BrN2O4/c1-10(2)23-7-8-24-16(21)14-11(3)19-17(22)20-15(14)12-5-4-6-13(18)9-12/h4-6,9-10,15H,7-8H2,1-3H3,(H2,19,20,22)/t15-/m0/s1. The number of rotatable bonds is 6. The average molecular weight is 397 g/mol. The fourth-order valence-corrected chi connectivity index (χ4v) is 2.81. The Labute approximate surface area is 149 Å². The van der Waals surface area contributed by atoms with Crippen LogP contribution in [-0.2, 0) is 14.3 Å². The molecule has 6 nitrogen and oxygen atoms in total. The van der Waals surface area contributed by atoms with E-state index in [9.17, 15) is 9.59 Å². The van der Waals surface area contributed by atoms with Gasteiger partial charge in [-0.2, -0.15) is 0 Å². The molecule has 2 rings (SSSR count). The van der Waals surface area contributed by atoms with Crippen molar-refractivity contribution in [3.05, 3.63) is 45.6 Å². The molecule has 0 unspecified atom stereocenters. The molecule has 0 aromatic heterocycles. The average Bonchev–Trinajstić information content (AvgIpc) is 2.50. The first-order chi connectivity index (χ1) is 11.4. The highest BCUT2D eigenvalue weighted by molar-refractivity contribution is 9.10. The van der Waals surface area contributed by atoms with Gasteiger partial charge in [0.1, 0.15) is 6.61 Å². The normalized spacial score (nSPS) is 17.5. The fraction of sp³-hybridized carbons (Fsp3) is 0.412. The number of esters is 1. The van der Waals surface area contributed by atoms with Crippen LogP contribution >= 0.6 is 15.9 Å². The zero-order chi connectivity index (χ0) is 17.7. The second-order valence-electron chi connectivity index (χ2n) is 5.68. The Morgan fingerprint density at radius 2 is 2.08 bits per heavy atom. The summed E-state index contributed by atoms with van der Waals surface area (Å²) in [5.41, 5.74) is 1.67. The van der Waals surface area contributed by atoms with E-state index in [0.717, 1.165) is 10.0 Å². The lowest BCUT2D eigenvalue weighted by Gasteiger charge is -2.28. The zero-order valence-electron chi connectivity index (χ0n) is 13.9. The third-order valence-electron chi connectivity index (χ3n) is 3.44. The maximum Gasteiger partial charge on any atom is 0.338 e. The van der Waals surface area contributed by atoms with Crippen molar-refractivity contribution in [2.75, 3.05) is 13.2 Å². The molecule has 1 aromatic rings. The summed E-state index contributed by atoms with van der Waals surface area (Å²) in [5, 5.41) is 5.39. The summed E-state index contributed by atoms with van der Waals surface area (Å²) in [7, 11) is 0.